The van der Waals surface area contributed by atoms with Crippen molar-refractivity contribution in [3.05, 3.63) is 64.7 Å². The van der Waals surface area contributed by atoms with Crippen LogP contribution in [0.5, 0.6) is 5.75 Å². The molecular formula is C19H25NO. The van der Waals surface area contributed by atoms with Gasteiger partial charge in [-0.05, 0) is 48.2 Å². The highest BCUT2D eigenvalue weighted by Gasteiger charge is 2.16. The topological polar surface area (TPSA) is 21.3 Å². The first-order chi connectivity index (χ1) is 10.2. The smallest absolute Gasteiger partial charge is 0.121 e. The minimum Gasteiger partial charge on any atom is -0.496 e. The third-order valence-electron chi connectivity index (χ3n) is 3.91. The molecule has 0 aromatic heterocycles. The molecule has 0 radical (unpaired) electrons. The van der Waals surface area contributed by atoms with Gasteiger partial charge in [0.1, 0.15) is 5.75 Å². The van der Waals surface area contributed by atoms with Gasteiger partial charge in [-0.3, -0.25) is 0 Å². The van der Waals surface area contributed by atoms with Gasteiger partial charge in [-0.1, -0.05) is 50.2 Å². The maximum absolute atomic E-state index is 5.37. The van der Waals surface area contributed by atoms with E-state index >= 15 is 0 Å². The Kier molecular flexibility index (Phi) is 5.40. The zero-order chi connectivity index (χ0) is 15.2. The monoisotopic (exact) mass is 283 g/mol. The SMILES string of the molecule is CCNC(c1ccc(OC)c(C)c1)c1ccccc1CC. The second-order valence-electron chi connectivity index (χ2n) is 5.27. The summed E-state index contributed by atoms with van der Waals surface area (Å²) >= 11 is 0. The molecule has 112 valence electrons. The Hall–Kier alpha value is -1.80. The van der Waals surface area contributed by atoms with Crippen LogP contribution in [-0.4, -0.2) is 13.7 Å². The fourth-order valence-corrected chi connectivity index (χ4v) is 2.83. The molecule has 0 saturated carbocycles. The highest BCUT2D eigenvalue weighted by Crippen LogP contribution is 2.29. The van der Waals surface area contributed by atoms with Gasteiger partial charge in [-0.15, -0.1) is 0 Å². The van der Waals surface area contributed by atoms with E-state index in [0.717, 1.165) is 18.7 Å². The van der Waals surface area contributed by atoms with Gasteiger partial charge in [-0.25, -0.2) is 0 Å². The summed E-state index contributed by atoms with van der Waals surface area (Å²) in [6.45, 7) is 7.39. The highest BCUT2D eigenvalue weighted by atomic mass is 16.5. The van der Waals surface area contributed by atoms with Crippen LogP contribution in [0.3, 0.4) is 0 Å². The first kappa shape index (κ1) is 15.6. The summed E-state index contributed by atoms with van der Waals surface area (Å²) in [5.41, 5.74) is 5.23. The molecule has 2 nitrogen and oxygen atoms in total. The Balaban J connectivity index is 2.45. The molecule has 0 saturated heterocycles. The van der Waals surface area contributed by atoms with Crippen molar-refractivity contribution in [3.8, 4) is 5.75 Å². The van der Waals surface area contributed by atoms with Gasteiger partial charge in [0.2, 0.25) is 0 Å². The molecule has 21 heavy (non-hydrogen) atoms. The summed E-state index contributed by atoms with van der Waals surface area (Å²) in [5.74, 6) is 0.942. The average molecular weight is 283 g/mol. The van der Waals surface area contributed by atoms with Gasteiger partial charge in [0, 0.05) is 0 Å². The molecule has 0 heterocycles. The Morgan fingerprint density at radius 3 is 2.48 bits per heavy atom. The van der Waals surface area contributed by atoms with E-state index in [1.165, 1.54) is 22.3 Å². The third-order valence-corrected chi connectivity index (χ3v) is 3.91. The van der Waals surface area contributed by atoms with Gasteiger partial charge >= 0.3 is 0 Å². The number of benzene rings is 2. The zero-order valence-electron chi connectivity index (χ0n) is 13.4. The van der Waals surface area contributed by atoms with Crippen LogP contribution in [0.15, 0.2) is 42.5 Å². The van der Waals surface area contributed by atoms with Crippen molar-refractivity contribution in [2.75, 3.05) is 13.7 Å². The molecule has 1 N–H and O–H groups in total. The van der Waals surface area contributed by atoms with E-state index < -0.39 is 0 Å². The van der Waals surface area contributed by atoms with Crippen LogP contribution < -0.4 is 10.1 Å². The predicted molar refractivity (Wildman–Crippen MR) is 89.1 cm³/mol. The van der Waals surface area contributed by atoms with E-state index in [1.54, 1.807) is 7.11 Å². The van der Waals surface area contributed by atoms with Crippen LogP contribution in [0.4, 0.5) is 0 Å². The number of nitrogens with one attached hydrogen (secondary N) is 1. The Morgan fingerprint density at radius 1 is 1.10 bits per heavy atom. The first-order valence-electron chi connectivity index (χ1n) is 7.67. The van der Waals surface area contributed by atoms with E-state index in [-0.39, 0.29) is 6.04 Å². The van der Waals surface area contributed by atoms with Crippen molar-refractivity contribution in [2.24, 2.45) is 0 Å². The number of hydrogen-bond donors (Lipinski definition) is 1. The van der Waals surface area contributed by atoms with E-state index in [0.29, 0.717) is 0 Å². The van der Waals surface area contributed by atoms with E-state index in [2.05, 4.69) is 68.6 Å². The van der Waals surface area contributed by atoms with Crippen molar-refractivity contribution in [1.82, 2.24) is 5.32 Å². The van der Waals surface area contributed by atoms with Gasteiger partial charge in [-0.2, -0.15) is 0 Å². The maximum atomic E-state index is 5.37. The van der Waals surface area contributed by atoms with Crippen LogP contribution in [0, 0.1) is 6.92 Å². The second-order valence-corrected chi connectivity index (χ2v) is 5.27. The summed E-state index contributed by atoms with van der Waals surface area (Å²) in [6, 6.07) is 15.4. The van der Waals surface area contributed by atoms with E-state index in [1.807, 2.05) is 0 Å². The maximum Gasteiger partial charge on any atom is 0.121 e. The van der Waals surface area contributed by atoms with Crippen molar-refractivity contribution >= 4 is 0 Å². The van der Waals surface area contributed by atoms with Crippen molar-refractivity contribution in [2.45, 2.75) is 33.2 Å². The van der Waals surface area contributed by atoms with Crippen LogP contribution in [-0.2, 0) is 6.42 Å². The molecule has 2 aromatic carbocycles. The molecule has 0 spiro atoms. The van der Waals surface area contributed by atoms with E-state index in [9.17, 15) is 0 Å². The van der Waals surface area contributed by atoms with Crippen LogP contribution in [0.25, 0.3) is 0 Å². The lowest BCUT2D eigenvalue weighted by atomic mass is 9.92. The zero-order valence-corrected chi connectivity index (χ0v) is 13.4. The van der Waals surface area contributed by atoms with Crippen LogP contribution in [0.2, 0.25) is 0 Å². The average Bonchev–Trinajstić information content (AvgIpc) is 2.52. The molecule has 0 aliphatic heterocycles. The number of hydrogen-bond acceptors (Lipinski definition) is 2. The third kappa shape index (κ3) is 3.45. The predicted octanol–water partition coefficient (Wildman–Crippen LogP) is 4.26. The minimum atomic E-state index is 0.232. The van der Waals surface area contributed by atoms with Gasteiger partial charge in [0.15, 0.2) is 0 Å². The summed E-state index contributed by atoms with van der Waals surface area (Å²) < 4.78 is 5.37. The lowest BCUT2D eigenvalue weighted by Crippen LogP contribution is -2.23. The molecule has 0 aliphatic carbocycles. The van der Waals surface area contributed by atoms with E-state index in [4.69, 9.17) is 4.74 Å². The first-order valence-corrected chi connectivity index (χ1v) is 7.67. The van der Waals surface area contributed by atoms with Crippen molar-refractivity contribution in [3.63, 3.8) is 0 Å². The molecule has 0 aliphatic rings. The van der Waals surface area contributed by atoms with Crippen LogP contribution in [0.1, 0.15) is 42.1 Å². The number of ether oxygens (including phenoxy) is 1. The number of aryl methyl sites for hydroxylation is 2. The summed E-state index contributed by atoms with van der Waals surface area (Å²) in [4.78, 5) is 0. The molecule has 1 atom stereocenters. The molecule has 0 amide bonds. The number of rotatable bonds is 6. The largest absolute Gasteiger partial charge is 0.496 e. The molecule has 2 aromatic rings. The minimum absolute atomic E-state index is 0.232. The highest BCUT2D eigenvalue weighted by molar-refractivity contribution is 5.43. The molecule has 0 bridgehead atoms. The molecule has 1 unspecified atom stereocenters. The lowest BCUT2D eigenvalue weighted by molar-refractivity contribution is 0.411. The summed E-state index contributed by atoms with van der Waals surface area (Å²) in [6.07, 6.45) is 1.05. The van der Waals surface area contributed by atoms with Crippen LogP contribution >= 0.6 is 0 Å². The fraction of sp³-hybridized carbons (Fsp3) is 0.368. The summed E-state index contributed by atoms with van der Waals surface area (Å²) in [7, 11) is 1.72. The standard InChI is InChI=1S/C19H25NO/c1-5-15-9-7-8-10-17(15)19(20-6-2)16-11-12-18(21-4)14(3)13-16/h7-13,19-20H,5-6H2,1-4H3. The lowest BCUT2D eigenvalue weighted by Gasteiger charge is -2.22. The van der Waals surface area contributed by atoms with Crippen molar-refractivity contribution < 1.29 is 4.74 Å². The molecule has 0 fully saturated rings. The normalized spacial score (nSPS) is 12.2. The van der Waals surface area contributed by atoms with Gasteiger partial charge in [0.05, 0.1) is 13.2 Å². The fourth-order valence-electron chi connectivity index (χ4n) is 2.83. The molecule has 2 rings (SSSR count). The summed E-state index contributed by atoms with van der Waals surface area (Å²) in [5, 5.41) is 3.61. The quantitative estimate of drug-likeness (QED) is 0.855. The second kappa shape index (κ2) is 7.28. The van der Waals surface area contributed by atoms with Gasteiger partial charge < -0.3 is 10.1 Å². The van der Waals surface area contributed by atoms with Crippen molar-refractivity contribution in [1.29, 1.82) is 0 Å². The molecule has 2 heteroatoms. The molecular weight excluding hydrogens is 258 g/mol. The Bertz CT molecular complexity index is 592. The number of methoxy groups -OCH3 is 1. The van der Waals surface area contributed by atoms with Gasteiger partial charge in [0.25, 0.3) is 0 Å². The Morgan fingerprint density at radius 2 is 1.86 bits per heavy atom. The Labute approximate surface area is 128 Å².